The Kier molecular flexibility index (Phi) is 11.7. The maximum absolute atomic E-state index is 15.4. The van der Waals surface area contributed by atoms with Gasteiger partial charge in [0.05, 0.1) is 6.61 Å². The van der Waals surface area contributed by atoms with Crippen molar-refractivity contribution >= 4 is 11.5 Å². The third-order valence-corrected chi connectivity index (χ3v) is 7.66. The quantitative estimate of drug-likeness (QED) is 0.174. The molecule has 0 fully saturated rings. The van der Waals surface area contributed by atoms with Crippen LogP contribution in [0, 0.1) is 29.3 Å². The molecule has 0 heterocycles. The number of benzene rings is 2. The normalized spacial score (nSPS) is 16.3. The minimum atomic E-state index is -5.15. The van der Waals surface area contributed by atoms with Crippen LogP contribution in [0.1, 0.15) is 89.7 Å². The molecule has 0 aromatic heterocycles. The monoisotopic (exact) mass is 584 g/mol. The number of esters is 1. The molecule has 3 rings (SSSR count). The maximum Gasteiger partial charge on any atom is 0.573 e. The number of allylic oxidation sites excluding steroid dienone is 2. The summed E-state index contributed by atoms with van der Waals surface area (Å²) in [5, 5.41) is 0. The van der Waals surface area contributed by atoms with Gasteiger partial charge < -0.3 is 9.47 Å². The standard InChI is InChI=1S/C32H38F6O3/c1-4-6-8-21(5-2)19-40-28(39)10-7-9-25-24(17-18-27(29(25)33)41-32(36,37)38)26-16-15-23(30(34)31(26)35)22-13-11-20(3)12-14-22/h13,15-18,20-21H,4-12,14,19H2,1-3H3. The molecule has 0 aliphatic heterocycles. The van der Waals surface area contributed by atoms with Crippen molar-refractivity contribution in [3.8, 4) is 16.9 Å². The molecule has 226 valence electrons. The highest BCUT2D eigenvalue weighted by Gasteiger charge is 2.33. The molecule has 0 spiro atoms. The molecule has 9 heteroatoms. The topological polar surface area (TPSA) is 35.5 Å². The second-order valence-electron chi connectivity index (χ2n) is 10.8. The number of rotatable bonds is 13. The van der Waals surface area contributed by atoms with Gasteiger partial charge in [-0.05, 0) is 73.1 Å². The number of alkyl halides is 3. The van der Waals surface area contributed by atoms with Crippen molar-refractivity contribution in [1.29, 1.82) is 0 Å². The minimum absolute atomic E-state index is 0.0250. The number of ether oxygens (including phenoxy) is 2. The lowest BCUT2D eigenvalue weighted by atomic mass is 9.86. The predicted octanol–water partition coefficient (Wildman–Crippen LogP) is 9.96. The molecule has 1 aliphatic rings. The van der Waals surface area contributed by atoms with E-state index in [0.29, 0.717) is 17.9 Å². The van der Waals surface area contributed by atoms with E-state index in [1.54, 1.807) is 0 Å². The fourth-order valence-corrected chi connectivity index (χ4v) is 5.11. The van der Waals surface area contributed by atoms with Crippen LogP contribution in [0.4, 0.5) is 26.3 Å². The van der Waals surface area contributed by atoms with Crippen LogP contribution in [0.25, 0.3) is 16.7 Å². The van der Waals surface area contributed by atoms with Crippen molar-refractivity contribution in [2.75, 3.05) is 6.61 Å². The molecule has 0 saturated carbocycles. The number of carbonyl (C=O) groups is 1. The minimum Gasteiger partial charge on any atom is -0.465 e. The SMILES string of the molecule is CCCCC(CC)COC(=O)CCCc1c(-c2ccc(C3=CCC(C)CC3)c(F)c2F)ccc(OC(F)(F)F)c1F. The first-order chi connectivity index (χ1) is 19.4. The first kappa shape index (κ1) is 32.5. The van der Waals surface area contributed by atoms with E-state index in [-0.39, 0.29) is 54.0 Å². The molecule has 0 bridgehead atoms. The Morgan fingerprint density at radius 1 is 0.976 bits per heavy atom. The Morgan fingerprint density at radius 2 is 1.66 bits per heavy atom. The van der Waals surface area contributed by atoms with Crippen LogP contribution >= 0.6 is 0 Å². The van der Waals surface area contributed by atoms with Gasteiger partial charge in [0.1, 0.15) is 0 Å². The first-order valence-electron chi connectivity index (χ1n) is 14.4. The fourth-order valence-electron chi connectivity index (χ4n) is 5.11. The van der Waals surface area contributed by atoms with E-state index in [1.165, 1.54) is 12.1 Å². The van der Waals surface area contributed by atoms with Crippen molar-refractivity contribution in [2.45, 2.75) is 91.3 Å². The van der Waals surface area contributed by atoms with Crippen LogP contribution in [0.5, 0.6) is 5.75 Å². The summed E-state index contributed by atoms with van der Waals surface area (Å²) >= 11 is 0. The van der Waals surface area contributed by atoms with Crippen LogP contribution in [-0.4, -0.2) is 18.9 Å². The molecular formula is C32H38F6O3. The smallest absolute Gasteiger partial charge is 0.465 e. The zero-order valence-corrected chi connectivity index (χ0v) is 23.8. The average Bonchev–Trinajstić information content (AvgIpc) is 2.92. The van der Waals surface area contributed by atoms with Crippen LogP contribution in [0.2, 0.25) is 0 Å². The highest BCUT2D eigenvalue weighted by Crippen LogP contribution is 2.39. The molecule has 2 unspecified atom stereocenters. The predicted molar refractivity (Wildman–Crippen MR) is 147 cm³/mol. The highest BCUT2D eigenvalue weighted by molar-refractivity contribution is 5.74. The van der Waals surface area contributed by atoms with Crippen LogP contribution in [0.3, 0.4) is 0 Å². The summed E-state index contributed by atoms with van der Waals surface area (Å²) in [5.74, 6) is -4.58. The average molecular weight is 585 g/mol. The molecule has 2 aromatic rings. The Bertz CT molecular complexity index is 1220. The summed E-state index contributed by atoms with van der Waals surface area (Å²) < 4.78 is 93.8. The van der Waals surface area contributed by atoms with Gasteiger partial charge in [-0.25, -0.2) is 13.2 Å². The van der Waals surface area contributed by atoms with E-state index in [2.05, 4.69) is 18.6 Å². The number of unbranched alkanes of at least 4 members (excludes halogenated alkanes) is 1. The molecule has 0 amide bonds. The summed E-state index contributed by atoms with van der Waals surface area (Å²) in [6.45, 7) is 6.42. The Balaban J connectivity index is 1.85. The van der Waals surface area contributed by atoms with Crippen molar-refractivity contribution in [3.63, 3.8) is 0 Å². The number of carbonyl (C=O) groups excluding carboxylic acids is 1. The van der Waals surface area contributed by atoms with Gasteiger partial charge in [-0.1, -0.05) is 64.3 Å². The molecule has 0 N–H and O–H groups in total. The maximum atomic E-state index is 15.4. The second-order valence-corrected chi connectivity index (χ2v) is 10.8. The second kappa shape index (κ2) is 14.8. The number of halogens is 6. The van der Waals surface area contributed by atoms with Crippen LogP contribution in [0.15, 0.2) is 30.3 Å². The van der Waals surface area contributed by atoms with E-state index in [9.17, 15) is 18.0 Å². The third kappa shape index (κ3) is 9.01. The summed E-state index contributed by atoms with van der Waals surface area (Å²) in [6, 6.07) is 4.55. The lowest BCUT2D eigenvalue weighted by Gasteiger charge is -2.20. The first-order valence-corrected chi connectivity index (χ1v) is 14.4. The summed E-state index contributed by atoms with van der Waals surface area (Å²) in [4.78, 5) is 12.3. The van der Waals surface area contributed by atoms with Crippen molar-refractivity contribution in [3.05, 3.63) is 58.9 Å². The molecule has 41 heavy (non-hydrogen) atoms. The summed E-state index contributed by atoms with van der Waals surface area (Å²) in [5.41, 5.74) is 0.109. The molecule has 2 aromatic carbocycles. The van der Waals surface area contributed by atoms with E-state index in [0.717, 1.165) is 50.7 Å². The van der Waals surface area contributed by atoms with Gasteiger partial charge in [-0.2, -0.15) is 0 Å². The Morgan fingerprint density at radius 3 is 2.29 bits per heavy atom. The largest absolute Gasteiger partial charge is 0.573 e. The number of hydrogen-bond donors (Lipinski definition) is 0. The molecule has 1 aliphatic carbocycles. The summed E-state index contributed by atoms with van der Waals surface area (Å²) in [7, 11) is 0. The lowest BCUT2D eigenvalue weighted by Crippen LogP contribution is -2.18. The van der Waals surface area contributed by atoms with Crippen molar-refractivity contribution in [2.24, 2.45) is 11.8 Å². The molecular weight excluding hydrogens is 546 g/mol. The highest BCUT2D eigenvalue weighted by atomic mass is 19.4. The van der Waals surface area contributed by atoms with E-state index < -0.39 is 35.5 Å². The van der Waals surface area contributed by atoms with Crippen LogP contribution in [-0.2, 0) is 16.0 Å². The Labute approximate surface area is 237 Å². The zero-order valence-electron chi connectivity index (χ0n) is 23.8. The third-order valence-electron chi connectivity index (χ3n) is 7.66. The molecule has 3 nitrogen and oxygen atoms in total. The molecule has 0 saturated heterocycles. The van der Waals surface area contributed by atoms with Gasteiger partial charge in [0.25, 0.3) is 0 Å². The van der Waals surface area contributed by atoms with Crippen molar-refractivity contribution in [1.82, 2.24) is 0 Å². The van der Waals surface area contributed by atoms with E-state index in [1.807, 2.05) is 13.0 Å². The molecule has 0 radical (unpaired) electrons. The van der Waals surface area contributed by atoms with E-state index in [4.69, 9.17) is 4.74 Å². The van der Waals surface area contributed by atoms with Gasteiger partial charge in [0, 0.05) is 17.5 Å². The number of hydrogen-bond acceptors (Lipinski definition) is 3. The van der Waals surface area contributed by atoms with E-state index >= 15 is 13.2 Å². The summed E-state index contributed by atoms with van der Waals surface area (Å²) in [6.07, 6.45) is 2.42. The Hall–Kier alpha value is -2.97. The van der Waals surface area contributed by atoms with Crippen molar-refractivity contribution < 1.29 is 40.6 Å². The van der Waals surface area contributed by atoms with Gasteiger partial charge >= 0.3 is 12.3 Å². The van der Waals surface area contributed by atoms with Gasteiger partial charge in [0.15, 0.2) is 23.2 Å². The molecule has 2 atom stereocenters. The van der Waals surface area contributed by atoms with Crippen LogP contribution < -0.4 is 4.74 Å². The van der Waals surface area contributed by atoms with Gasteiger partial charge in [-0.15, -0.1) is 13.2 Å². The zero-order chi connectivity index (χ0) is 30.2. The van der Waals surface area contributed by atoms with Gasteiger partial charge in [-0.3, -0.25) is 4.79 Å². The fraction of sp³-hybridized carbons (Fsp3) is 0.531. The van der Waals surface area contributed by atoms with Gasteiger partial charge in [0.2, 0.25) is 0 Å². The lowest BCUT2D eigenvalue weighted by molar-refractivity contribution is -0.275.